The van der Waals surface area contributed by atoms with Crippen molar-refractivity contribution in [1.29, 1.82) is 0 Å². The van der Waals surface area contributed by atoms with Gasteiger partial charge in [-0.1, -0.05) is 19.9 Å². The lowest BCUT2D eigenvalue weighted by Crippen LogP contribution is -2.48. The molecule has 4 atom stereocenters. The number of fused-ring (bicyclic) bond motifs is 4. The molecular formula is C23H32N2O6. The molecule has 3 aliphatic rings. The Bertz CT molecular complexity index is 840. The van der Waals surface area contributed by atoms with Crippen molar-refractivity contribution < 1.29 is 28.5 Å². The minimum atomic E-state index is -0.747. The zero-order valence-corrected chi connectivity index (χ0v) is 18.6. The Morgan fingerprint density at radius 2 is 2.06 bits per heavy atom. The first kappa shape index (κ1) is 21.9. The van der Waals surface area contributed by atoms with Gasteiger partial charge in [0.25, 0.3) is 0 Å². The van der Waals surface area contributed by atoms with Crippen molar-refractivity contribution in [1.82, 2.24) is 5.32 Å². The van der Waals surface area contributed by atoms with Crippen LogP contribution in [0.25, 0.3) is 0 Å². The molecule has 2 N–H and O–H groups in total. The molecule has 1 saturated heterocycles. The van der Waals surface area contributed by atoms with Gasteiger partial charge in [0.15, 0.2) is 17.3 Å². The van der Waals surface area contributed by atoms with Gasteiger partial charge in [0.2, 0.25) is 12.7 Å². The van der Waals surface area contributed by atoms with Gasteiger partial charge in [-0.15, -0.1) is 6.58 Å². The van der Waals surface area contributed by atoms with Crippen LogP contribution in [0.2, 0.25) is 0 Å². The van der Waals surface area contributed by atoms with Crippen molar-refractivity contribution in [2.75, 3.05) is 25.3 Å². The summed E-state index contributed by atoms with van der Waals surface area (Å²) in [6, 6.07) is 3.52. The van der Waals surface area contributed by atoms with Crippen LogP contribution in [0.3, 0.4) is 0 Å². The van der Waals surface area contributed by atoms with E-state index in [9.17, 15) is 4.79 Å². The molecule has 1 aromatic rings. The smallest absolute Gasteiger partial charge is 0.231 e. The highest BCUT2D eigenvalue weighted by Crippen LogP contribution is 2.50. The molecule has 0 aromatic heterocycles. The van der Waals surface area contributed by atoms with E-state index in [0.29, 0.717) is 24.7 Å². The summed E-state index contributed by atoms with van der Waals surface area (Å²) >= 11 is 0. The van der Waals surface area contributed by atoms with Gasteiger partial charge >= 0.3 is 0 Å². The quantitative estimate of drug-likeness (QED) is 0.482. The highest BCUT2D eigenvalue weighted by molar-refractivity contribution is 5.78. The molecule has 8 heteroatoms. The molecule has 0 aliphatic carbocycles. The third-order valence-electron chi connectivity index (χ3n) is 5.81. The second-order valence-electron chi connectivity index (χ2n) is 9.01. The Morgan fingerprint density at radius 3 is 2.77 bits per heavy atom. The summed E-state index contributed by atoms with van der Waals surface area (Å²) in [5, 5.41) is 6.59. The van der Waals surface area contributed by atoms with E-state index in [2.05, 4.69) is 31.1 Å². The third kappa shape index (κ3) is 4.66. The predicted molar refractivity (Wildman–Crippen MR) is 115 cm³/mol. The third-order valence-corrected chi connectivity index (χ3v) is 5.81. The van der Waals surface area contributed by atoms with Crippen LogP contribution in [-0.2, 0) is 19.0 Å². The number of nitrogens with one attached hydrogen (secondary N) is 2. The summed E-state index contributed by atoms with van der Waals surface area (Å²) in [6.45, 7) is 12.7. The van der Waals surface area contributed by atoms with Crippen molar-refractivity contribution in [3.8, 4) is 11.5 Å². The van der Waals surface area contributed by atoms with E-state index in [-0.39, 0.29) is 49.3 Å². The molecule has 0 unspecified atom stereocenters. The highest BCUT2D eigenvalue weighted by Gasteiger charge is 2.50. The molecule has 0 saturated carbocycles. The lowest BCUT2D eigenvalue weighted by atomic mass is 9.90. The summed E-state index contributed by atoms with van der Waals surface area (Å²) in [6.07, 6.45) is 1.35. The first-order valence-corrected chi connectivity index (χ1v) is 10.8. The fourth-order valence-corrected chi connectivity index (χ4v) is 4.24. The SMILES string of the molecule is C=CCOC[C@@H](NC(=O)C[C@@H]1Nc2cc3c(cc2[C@@H]2OC(C)(C)O[C@@H]12)OCO3)C(C)C. The van der Waals surface area contributed by atoms with Gasteiger partial charge in [-0.2, -0.15) is 0 Å². The Kier molecular flexibility index (Phi) is 6.14. The molecule has 3 aliphatic heterocycles. The molecular weight excluding hydrogens is 400 g/mol. The molecule has 8 nitrogen and oxygen atoms in total. The molecule has 0 spiro atoms. The molecule has 31 heavy (non-hydrogen) atoms. The fourth-order valence-electron chi connectivity index (χ4n) is 4.24. The van der Waals surface area contributed by atoms with Crippen LogP contribution < -0.4 is 20.1 Å². The normalized spacial score (nSPS) is 26.0. The topological polar surface area (TPSA) is 87.3 Å². The molecule has 1 amide bonds. The summed E-state index contributed by atoms with van der Waals surface area (Å²) in [4.78, 5) is 12.9. The van der Waals surface area contributed by atoms with Crippen LogP contribution in [0.5, 0.6) is 11.5 Å². The second-order valence-corrected chi connectivity index (χ2v) is 9.01. The molecule has 0 radical (unpaired) electrons. The Morgan fingerprint density at radius 1 is 1.32 bits per heavy atom. The number of carbonyl (C=O) groups is 1. The van der Waals surface area contributed by atoms with Gasteiger partial charge in [-0.05, 0) is 25.8 Å². The standard InChI is InChI=1S/C23H32N2O6/c1-6-7-27-11-17(13(2)3)25-20(26)10-16-22-21(30-23(4,5)31-22)14-8-18-19(29-12-28-18)9-15(14)24-16/h6,8-9,13,16-17,21-22,24H,1,7,10-12H2,2-5H3,(H,25,26)/t16-,17+,21-,22-/m0/s1. The van der Waals surface area contributed by atoms with Gasteiger partial charge in [-0.3, -0.25) is 4.79 Å². The zero-order valence-electron chi connectivity index (χ0n) is 18.6. The first-order valence-electron chi connectivity index (χ1n) is 10.8. The zero-order chi connectivity index (χ0) is 22.2. The Balaban J connectivity index is 1.50. The molecule has 1 aromatic carbocycles. The van der Waals surface area contributed by atoms with Crippen molar-refractivity contribution in [2.24, 2.45) is 5.92 Å². The van der Waals surface area contributed by atoms with Gasteiger partial charge in [0.05, 0.1) is 25.3 Å². The summed E-state index contributed by atoms with van der Waals surface area (Å²) in [5.41, 5.74) is 1.83. The van der Waals surface area contributed by atoms with E-state index in [0.717, 1.165) is 11.3 Å². The molecule has 1 fully saturated rings. The van der Waals surface area contributed by atoms with E-state index < -0.39 is 5.79 Å². The van der Waals surface area contributed by atoms with E-state index in [1.165, 1.54) is 0 Å². The number of hydrogen-bond acceptors (Lipinski definition) is 7. The average molecular weight is 433 g/mol. The fraction of sp³-hybridized carbons (Fsp3) is 0.609. The number of anilines is 1. The molecule has 0 bridgehead atoms. The van der Waals surface area contributed by atoms with E-state index in [1.54, 1.807) is 6.08 Å². The van der Waals surface area contributed by atoms with Gasteiger partial charge < -0.3 is 34.3 Å². The maximum atomic E-state index is 12.9. The minimum absolute atomic E-state index is 0.0605. The maximum Gasteiger partial charge on any atom is 0.231 e. The number of rotatable bonds is 8. The average Bonchev–Trinajstić information content (AvgIpc) is 3.28. The lowest BCUT2D eigenvalue weighted by molar-refractivity contribution is -0.148. The molecule has 4 rings (SSSR count). The van der Waals surface area contributed by atoms with E-state index in [1.807, 2.05) is 26.0 Å². The van der Waals surface area contributed by atoms with Crippen molar-refractivity contribution in [3.63, 3.8) is 0 Å². The van der Waals surface area contributed by atoms with Crippen molar-refractivity contribution in [2.45, 2.75) is 64.2 Å². The predicted octanol–water partition coefficient (Wildman–Crippen LogP) is 3.14. The van der Waals surface area contributed by atoms with Crippen LogP contribution in [0.15, 0.2) is 24.8 Å². The van der Waals surface area contributed by atoms with E-state index >= 15 is 0 Å². The largest absolute Gasteiger partial charge is 0.454 e. The number of benzene rings is 1. The number of ether oxygens (including phenoxy) is 5. The molecule has 3 heterocycles. The van der Waals surface area contributed by atoms with E-state index in [4.69, 9.17) is 23.7 Å². The van der Waals surface area contributed by atoms with Crippen LogP contribution in [0, 0.1) is 5.92 Å². The van der Waals surface area contributed by atoms with Gasteiger partial charge in [0.1, 0.15) is 12.2 Å². The number of amides is 1. The monoisotopic (exact) mass is 432 g/mol. The summed E-state index contributed by atoms with van der Waals surface area (Å²) < 4.78 is 29.0. The minimum Gasteiger partial charge on any atom is -0.454 e. The number of hydrogen-bond donors (Lipinski definition) is 2. The van der Waals surface area contributed by atoms with Gasteiger partial charge in [-0.25, -0.2) is 0 Å². The van der Waals surface area contributed by atoms with Crippen LogP contribution in [-0.4, -0.2) is 49.9 Å². The summed E-state index contributed by atoms with van der Waals surface area (Å²) in [5.74, 6) is 0.817. The van der Waals surface area contributed by atoms with Crippen LogP contribution >= 0.6 is 0 Å². The lowest BCUT2D eigenvalue weighted by Gasteiger charge is -2.35. The maximum absolute atomic E-state index is 12.9. The van der Waals surface area contributed by atoms with Crippen LogP contribution in [0.1, 0.15) is 45.8 Å². The van der Waals surface area contributed by atoms with Crippen molar-refractivity contribution >= 4 is 11.6 Å². The van der Waals surface area contributed by atoms with Crippen molar-refractivity contribution in [3.05, 3.63) is 30.4 Å². The number of carbonyl (C=O) groups excluding carboxylic acids is 1. The Hall–Kier alpha value is -2.29. The molecule has 170 valence electrons. The Labute approximate surface area is 183 Å². The summed E-state index contributed by atoms with van der Waals surface area (Å²) in [7, 11) is 0. The second kappa shape index (κ2) is 8.68. The van der Waals surface area contributed by atoms with Crippen LogP contribution in [0.4, 0.5) is 5.69 Å². The first-order chi connectivity index (χ1) is 14.8. The van der Waals surface area contributed by atoms with Gasteiger partial charge in [0, 0.05) is 23.7 Å². The highest BCUT2D eigenvalue weighted by atomic mass is 16.8.